The maximum Gasteiger partial charge on any atom is 0.137 e. The van der Waals surface area contributed by atoms with Crippen LogP contribution in [0.25, 0.3) is 0 Å². The zero-order valence-electron chi connectivity index (χ0n) is 16.7. The third-order valence-corrected chi connectivity index (χ3v) is 6.80. The van der Waals surface area contributed by atoms with E-state index >= 15 is 0 Å². The molecule has 2 unspecified atom stereocenters. The molecule has 9 heteroatoms. The average Bonchev–Trinajstić information content (AvgIpc) is 3.05. The van der Waals surface area contributed by atoms with Gasteiger partial charge in [0.25, 0.3) is 0 Å². The van der Waals surface area contributed by atoms with Crippen molar-refractivity contribution in [2.24, 2.45) is 5.73 Å². The Labute approximate surface area is 183 Å². The molecule has 7 nitrogen and oxygen atoms in total. The molecule has 2 aliphatic rings. The van der Waals surface area contributed by atoms with Gasteiger partial charge in [-0.2, -0.15) is 0 Å². The third kappa shape index (κ3) is 3.87. The monoisotopic (exact) mass is 477 g/mol. The summed E-state index contributed by atoms with van der Waals surface area (Å²) in [4.78, 5) is 24.8. The highest BCUT2D eigenvalue weighted by Gasteiger charge is 2.35. The molecule has 160 valence electrons. The molecular formula is C21H25BrFN5O2. The number of nitrogens with two attached hydrogens (primary N) is 1. The van der Waals surface area contributed by atoms with E-state index in [4.69, 9.17) is 5.73 Å². The van der Waals surface area contributed by atoms with Crippen LogP contribution >= 0.6 is 15.9 Å². The molecule has 1 aliphatic heterocycles. The topological polar surface area (TPSA) is 95.6 Å². The predicted octanol–water partition coefficient (Wildman–Crippen LogP) is 2.31. The lowest BCUT2D eigenvalue weighted by molar-refractivity contribution is -0.110. The van der Waals surface area contributed by atoms with E-state index in [0.717, 1.165) is 23.4 Å². The Kier molecular flexibility index (Phi) is 6.15. The summed E-state index contributed by atoms with van der Waals surface area (Å²) in [6, 6.07) is 4.67. The van der Waals surface area contributed by atoms with E-state index < -0.39 is 24.0 Å². The fraction of sp³-hybridized carbons (Fsp3) is 0.476. The summed E-state index contributed by atoms with van der Waals surface area (Å²) < 4.78 is 14.3. The maximum absolute atomic E-state index is 13.9. The number of aldehydes is 1. The molecule has 2 heterocycles. The van der Waals surface area contributed by atoms with Crippen molar-refractivity contribution >= 4 is 28.0 Å². The predicted molar refractivity (Wildman–Crippen MR) is 115 cm³/mol. The van der Waals surface area contributed by atoms with Crippen molar-refractivity contribution in [3.05, 3.63) is 51.6 Å². The standard InChI is InChI=1S/C21H25BrFN5O2/c1-12-8-17(30)19-18(12)21(26-11-25-19)28-6-4-27(5-7-28)20(24)14(10-29)13-2-3-15(22)16(23)9-13/h2-3,9-12,14,17,20,30H,4-8,24H2,1H3/t12-,14?,17+,20?/m1/s1. The molecule has 4 atom stereocenters. The molecule has 0 spiro atoms. The van der Waals surface area contributed by atoms with Gasteiger partial charge in [-0.25, -0.2) is 14.4 Å². The number of aromatic nitrogens is 2. The molecule has 1 aromatic carbocycles. The van der Waals surface area contributed by atoms with Gasteiger partial charge in [0.2, 0.25) is 0 Å². The summed E-state index contributed by atoms with van der Waals surface area (Å²) >= 11 is 3.14. The van der Waals surface area contributed by atoms with E-state index in [1.54, 1.807) is 12.1 Å². The Balaban J connectivity index is 1.47. The highest BCUT2D eigenvalue weighted by atomic mass is 79.9. The van der Waals surface area contributed by atoms with Gasteiger partial charge in [-0.1, -0.05) is 13.0 Å². The van der Waals surface area contributed by atoms with Crippen LogP contribution in [0.15, 0.2) is 29.0 Å². The quantitative estimate of drug-likeness (QED) is 0.637. The van der Waals surface area contributed by atoms with Crippen molar-refractivity contribution in [1.29, 1.82) is 0 Å². The van der Waals surface area contributed by atoms with Gasteiger partial charge in [0.1, 0.15) is 24.2 Å². The fourth-order valence-electron chi connectivity index (χ4n) is 4.49. The van der Waals surface area contributed by atoms with Gasteiger partial charge in [0.05, 0.1) is 28.4 Å². The van der Waals surface area contributed by atoms with Crippen molar-refractivity contribution in [3.8, 4) is 0 Å². The van der Waals surface area contributed by atoms with Crippen LogP contribution in [0.1, 0.15) is 48.1 Å². The van der Waals surface area contributed by atoms with Crippen LogP contribution in [0.4, 0.5) is 10.2 Å². The van der Waals surface area contributed by atoms with Crippen LogP contribution in [-0.2, 0) is 4.79 Å². The summed E-state index contributed by atoms with van der Waals surface area (Å²) in [5.74, 6) is 0.0559. The number of fused-ring (bicyclic) bond motifs is 1. The minimum atomic E-state index is -0.613. The fourth-order valence-corrected chi connectivity index (χ4v) is 4.74. The maximum atomic E-state index is 13.9. The Morgan fingerprint density at radius 1 is 1.30 bits per heavy atom. The zero-order valence-corrected chi connectivity index (χ0v) is 18.3. The molecule has 30 heavy (non-hydrogen) atoms. The van der Waals surface area contributed by atoms with Crippen molar-refractivity contribution < 1.29 is 14.3 Å². The van der Waals surface area contributed by atoms with Crippen LogP contribution < -0.4 is 10.6 Å². The average molecular weight is 478 g/mol. The smallest absolute Gasteiger partial charge is 0.137 e. The SMILES string of the molecule is C[C@@H]1C[C@H](O)c2ncnc(N3CCN(C(N)C(C=O)c4ccc(Br)c(F)c4)CC3)c21. The van der Waals surface area contributed by atoms with E-state index in [9.17, 15) is 14.3 Å². The highest BCUT2D eigenvalue weighted by Crippen LogP contribution is 2.42. The molecule has 1 saturated heterocycles. The number of rotatable bonds is 5. The minimum absolute atomic E-state index is 0.207. The summed E-state index contributed by atoms with van der Waals surface area (Å²) in [7, 11) is 0. The third-order valence-electron chi connectivity index (χ3n) is 6.16. The van der Waals surface area contributed by atoms with E-state index in [2.05, 4.69) is 42.6 Å². The molecule has 2 aromatic rings. The lowest BCUT2D eigenvalue weighted by Gasteiger charge is -2.40. The first-order valence-electron chi connectivity index (χ1n) is 10.1. The molecule has 0 radical (unpaired) electrons. The van der Waals surface area contributed by atoms with E-state index in [1.807, 2.05) is 0 Å². The molecule has 0 saturated carbocycles. The van der Waals surface area contributed by atoms with Crippen LogP contribution in [0.3, 0.4) is 0 Å². The van der Waals surface area contributed by atoms with Gasteiger partial charge < -0.3 is 20.5 Å². The Bertz CT molecular complexity index is 938. The Morgan fingerprint density at radius 3 is 2.70 bits per heavy atom. The molecule has 0 bridgehead atoms. The molecular weight excluding hydrogens is 453 g/mol. The number of hydrogen-bond donors (Lipinski definition) is 2. The second kappa shape index (κ2) is 8.66. The number of anilines is 1. The van der Waals surface area contributed by atoms with Crippen molar-refractivity contribution in [3.63, 3.8) is 0 Å². The molecule has 1 aromatic heterocycles. The summed E-state index contributed by atoms with van der Waals surface area (Å²) in [5, 5.41) is 10.2. The Morgan fingerprint density at radius 2 is 2.03 bits per heavy atom. The number of piperazine rings is 1. The van der Waals surface area contributed by atoms with Crippen LogP contribution in [0.2, 0.25) is 0 Å². The molecule has 1 aliphatic carbocycles. The van der Waals surface area contributed by atoms with Crippen molar-refractivity contribution in [1.82, 2.24) is 14.9 Å². The molecule has 4 rings (SSSR count). The first-order chi connectivity index (χ1) is 14.4. The van der Waals surface area contributed by atoms with E-state index in [0.29, 0.717) is 42.6 Å². The zero-order chi connectivity index (χ0) is 21.4. The number of aliphatic hydroxyl groups is 1. The van der Waals surface area contributed by atoms with Gasteiger partial charge in [0, 0.05) is 31.7 Å². The van der Waals surface area contributed by atoms with Crippen molar-refractivity contribution in [2.45, 2.75) is 37.5 Å². The summed E-state index contributed by atoms with van der Waals surface area (Å²) in [5.41, 5.74) is 8.74. The lowest BCUT2D eigenvalue weighted by Crippen LogP contribution is -2.55. The van der Waals surface area contributed by atoms with Gasteiger partial charge >= 0.3 is 0 Å². The molecule has 3 N–H and O–H groups in total. The number of hydrogen-bond acceptors (Lipinski definition) is 7. The first kappa shape index (κ1) is 21.3. The number of nitrogens with zero attached hydrogens (tertiary/aromatic N) is 4. The second-order valence-electron chi connectivity index (χ2n) is 8.00. The van der Waals surface area contributed by atoms with Crippen molar-refractivity contribution in [2.75, 3.05) is 31.1 Å². The normalized spacial score (nSPS) is 23.8. The second-order valence-corrected chi connectivity index (χ2v) is 8.85. The minimum Gasteiger partial charge on any atom is -0.387 e. The number of carbonyl (C=O) groups excluding carboxylic acids is 1. The highest BCUT2D eigenvalue weighted by molar-refractivity contribution is 9.10. The van der Waals surface area contributed by atoms with Crippen LogP contribution in [0.5, 0.6) is 0 Å². The van der Waals surface area contributed by atoms with Gasteiger partial charge in [0.15, 0.2) is 0 Å². The summed E-state index contributed by atoms with van der Waals surface area (Å²) in [6.07, 6.45) is 1.89. The Hall–Kier alpha value is -1.94. The van der Waals surface area contributed by atoms with Crippen LogP contribution in [0, 0.1) is 5.82 Å². The van der Waals surface area contributed by atoms with Gasteiger partial charge in [-0.15, -0.1) is 0 Å². The number of benzene rings is 1. The van der Waals surface area contributed by atoms with E-state index in [-0.39, 0.29) is 5.92 Å². The first-order valence-corrected chi connectivity index (χ1v) is 10.9. The number of carbonyl (C=O) groups is 1. The van der Waals surface area contributed by atoms with Crippen LogP contribution in [-0.4, -0.2) is 58.6 Å². The lowest BCUT2D eigenvalue weighted by atomic mass is 9.96. The number of halogens is 2. The molecule has 1 fully saturated rings. The summed E-state index contributed by atoms with van der Waals surface area (Å²) in [6.45, 7) is 4.78. The molecule has 0 amide bonds. The van der Waals surface area contributed by atoms with Gasteiger partial charge in [-0.3, -0.25) is 4.90 Å². The van der Waals surface area contributed by atoms with E-state index in [1.165, 1.54) is 12.4 Å². The number of aliphatic hydroxyl groups excluding tert-OH is 1. The van der Waals surface area contributed by atoms with Gasteiger partial charge in [-0.05, 0) is 46.0 Å². The largest absolute Gasteiger partial charge is 0.387 e.